The molecule has 0 unspecified atom stereocenters. The van der Waals surface area contributed by atoms with Crippen molar-refractivity contribution in [1.82, 2.24) is 4.90 Å². The fourth-order valence-electron chi connectivity index (χ4n) is 2.51. The summed E-state index contributed by atoms with van der Waals surface area (Å²) in [6.45, 7) is 2.01. The molecule has 0 spiro atoms. The molecule has 3 rings (SSSR count). The lowest BCUT2D eigenvalue weighted by Crippen LogP contribution is -2.28. The predicted octanol–water partition coefficient (Wildman–Crippen LogP) is 4.19. The number of rotatable bonds is 1. The van der Waals surface area contributed by atoms with Gasteiger partial charge in [0.1, 0.15) is 0 Å². The number of hydrogen-bond donors (Lipinski definition) is 0. The van der Waals surface area contributed by atoms with Gasteiger partial charge >= 0.3 is 0 Å². The summed E-state index contributed by atoms with van der Waals surface area (Å²) in [6.07, 6.45) is 6.80. The van der Waals surface area contributed by atoms with Gasteiger partial charge in [-0.2, -0.15) is 4.99 Å². The summed E-state index contributed by atoms with van der Waals surface area (Å²) in [5.41, 5.74) is 0.975. The molecule has 1 aromatic carbocycles. The van der Waals surface area contributed by atoms with Gasteiger partial charge in [0.15, 0.2) is 5.17 Å². The second-order valence-electron chi connectivity index (χ2n) is 5.26. The highest BCUT2D eigenvalue weighted by Gasteiger charge is 2.26. The maximum atomic E-state index is 12.1. The van der Waals surface area contributed by atoms with E-state index in [2.05, 4.69) is 9.89 Å². The van der Waals surface area contributed by atoms with Gasteiger partial charge in [0.05, 0.1) is 4.91 Å². The molecule has 0 bridgehead atoms. The van der Waals surface area contributed by atoms with Gasteiger partial charge in [0.2, 0.25) is 0 Å². The molecule has 3 nitrogen and oxygen atoms in total. The van der Waals surface area contributed by atoms with Crippen LogP contribution in [0.3, 0.4) is 0 Å². The Bertz CT molecular complexity index is 587. The molecule has 0 saturated carbocycles. The van der Waals surface area contributed by atoms with Crippen LogP contribution in [0.15, 0.2) is 34.2 Å². The van der Waals surface area contributed by atoms with E-state index < -0.39 is 0 Å². The second kappa shape index (κ2) is 6.67. The molecule has 2 aliphatic heterocycles. The molecule has 0 radical (unpaired) electrons. The van der Waals surface area contributed by atoms with Crippen LogP contribution in [0.5, 0.6) is 0 Å². The number of amides is 1. The van der Waals surface area contributed by atoms with E-state index in [1.807, 2.05) is 30.3 Å². The first-order chi connectivity index (χ1) is 10.2. The van der Waals surface area contributed by atoms with Crippen molar-refractivity contribution < 1.29 is 4.79 Å². The SMILES string of the molecule is O=C1N=C(N2CCCCCC2)SC1=Cc1ccc(Cl)cc1. The van der Waals surface area contributed by atoms with Crippen molar-refractivity contribution in [2.45, 2.75) is 25.7 Å². The Morgan fingerprint density at radius 3 is 2.43 bits per heavy atom. The third-order valence-corrected chi connectivity index (χ3v) is 4.95. The molecule has 1 aromatic rings. The first-order valence-corrected chi connectivity index (χ1v) is 8.45. The summed E-state index contributed by atoms with van der Waals surface area (Å²) in [4.78, 5) is 19.2. The van der Waals surface area contributed by atoms with Crippen LogP contribution in [0.2, 0.25) is 5.02 Å². The zero-order chi connectivity index (χ0) is 14.7. The van der Waals surface area contributed by atoms with Crippen molar-refractivity contribution >= 4 is 40.5 Å². The van der Waals surface area contributed by atoms with E-state index in [0.717, 1.165) is 23.8 Å². The Balaban J connectivity index is 1.73. The summed E-state index contributed by atoms with van der Waals surface area (Å²) in [5.74, 6) is -0.130. The van der Waals surface area contributed by atoms with Gasteiger partial charge < -0.3 is 4.90 Å². The smallest absolute Gasteiger partial charge is 0.286 e. The molecule has 0 aliphatic carbocycles. The average molecular weight is 321 g/mol. The fourth-order valence-corrected chi connectivity index (χ4v) is 3.60. The molecule has 1 saturated heterocycles. The predicted molar refractivity (Wildman–Crippen MR) is 89.5 cm³/mol. The summed E-state index contributed by atoms with van der Waals surface area (Å²) >= 11 is 7.36. The first-order valence-electron chi connectivity index (χ1n) is 7.25. The van der Waals surface area contributed by atoms with Gasteiger partial charge in [0, 0.05) is 18.1 Å². The summed E-state index contributed by atoms with van der Waals surface area (Å²) in [5, 5.41) is 1.56. The van der Waals surface area contributed by atoms with E-state index in [9.17, 15) is 4.79 Å². The van der Waals surface area contributed by atoms with E-state index in [1.54, 1.807) is 0 Å². The molecule has 0 aromatic heterocycles. The van der Waals surface area contributed by atoms with Gasteiger partial charge in [0.25, 0.3) is 5.91 Å². The maximum absolute atomic E-state index is 12.1. The minimum atomic E-state index is -0.130. The minimum absolute atomic E-state index is 0.130. The molecule has 21 heavy (non-hydrogen) atoms. The van der Waals surface area contributed by atoms with Crippen LogP contribution in [0.25, 0.3) is 6.08 Å². The Kier molecular flexibility index (Phi) is 4.66. The normalized spacial score (nSPS) is 21.6. The van der Waals surface area contributed by atoms with Gasteiger partial charge in [-0.15, -0.1) is 0 Å². The molecule has 1 fully saturated rings. The highest BCUT2D eigenvalue weighted by atomic mass is 35.5. The van der Waals surface area contributed by atoms with Gasteiger partial charge in [-0.1, -0.05) is 36.6 Å². The van der Waals surface area contributed by atoms with Gasteiger partial charge in [-0.05, 0) is 48.4 Å². The van der Waals surface area contributed by atoms with Crippen LogP contribution < -0.4 is 0 Å². The molecule has 110 valence electrons. The number of aliphatic imine (C=N–C) groups is 1. The minimum Gasteiger partial charge on any atom is -0.351 e. The molecule has 0 atom stereocenters. The van der Waals surface area contributed by atoms with Crippen molar-refractivity contribution in [1.29, 1.82) is 0 Å². The van der Waals surface area contributed by atoms with Crippen molar-refractivity contribution in [3.63, 3.8) is 0 Å². The number of nitrogens with zero attached hydrogens (tertiary/aromatic N) is 2. The Labute approximate surface area is 134 Å². The standard InChI is InChI=1S/C16H17ClN2OS/c17-13-7-5-12(6-8-13)11-14-15(20)18-16(21-14)19-9-3-1-2-4-10-19/h5-8,11H,1-4,9-10H2. The Morgan fingerprint density at radius 2 is 1.76 bits per heavy atom. The van der Waals surface area contributed by atoms with Crippen molar-refractivity contribution in [2.75, 3.05) is 13.1 Å². The largest absolute Gasteiger partial charge is 0.351 e. The lowest BCUT2D eigenvalue weighted by molar-refractivity contribution is -0.113. The number of carbonyl (C=O) groups is 1. The average Bonchev–Trinajstić information content (AvgIpc) is 2.69. The summed E-state index contributed by atoms with van der Waals surface area (Å²) in [7, 11) is 0. The second-order valence-corrected chi connectivity index (χ2v) is 6.71. The molecular weight excluding hydrogens is 304 g/mol. The van der Waals surface area contributed by atoms with Crippen molar-refractivity contribution in [3.8, 4) is 0 Å². The van der Waals surface area contributed by atoms with E-state index in [-0.39, 0.29) is 5.91 Å². The van der Waals surface area contributed by atoms with E-state index in [4.69, 9.17) is 11.6 Å². The molecule has 1 amide bonds. The number of halogens is 1. The highest BCUT2D eigenvalue weighted by molar-refractivity contribution is 8.18. The highest BCUT2D eigenvalue weighted by Crippen LogP contribution is 2.31. The Morgan fingerprint density at radius 1 is 1.10 bits per heavy atom. The van der Waals surface area contributed by atoms with Gasteiger partial charge in [-0.3, -0.25) is 4.79 Å². The summed E-state index contributed by atoms with van der Waals surface area (Å²) in [6, 6.07) is 7.48. The third kappa shape index (κ3) is 3.69. The molecule has 0 N–H and O–H groups in total. The number of hydrogen-bond acceptors (Lipinski definition) is 3. The lowest BCUT2D eigenvalue weighted by atomic mass is 10.2. The number of likely N-dealkylation sites (tertiary alicyclic amines) is 1. The molecule has 2 heterocycles. The first kappa shape index (κ1) is 14.7. The van der Waals surface area contributed by atoms with E-state index in [0.29, 0.717) is 9.93 Å². The van der Waals surface area contributed by atoms with E-state index in [1.165, 1.54) is 37.4 Å². The van der Waals surface area contributed by atoms with Crippen LogP contribution >= 0.6 is 23.4 Å². The maximum Gasteiger partial charge on any atom is 0.286 e. The van der Waals surface area contributed by atoms with Crippen LogP contribution in [0.1, 0.15) is 31.2 Å². The molecule has 5 heteroatoms. The number of amidine groups is 1. The zero-order valence-corrected chi connectivity index (χ0v) is 13.3. The van der Waals surface area contributed by atoms with Crippen molar-refractivity contribution in [3.05, 3.63) is 39.8 Å². The zero-order valence-electron chi connectivity index (χ0n) is 11.7. The van der Waals surface area contributed by atoms with Gasteiger partial charge in [-0.25, -0.2) is 0 Å². The lowest BCUT2D eigenvalue weighted by Gasteiger charge is -2.20. The van der Waals surface area contributed by atoms with Crippen LogP contribution in [-0.2, 0) is 4.79 Å². The monoisotopic (exact) mass is 320 g/mol. The number of carbonyl (C=O) groups excluding carboxylic acids is 1. The number of benzene rings is 1. The third-order valence-electron chi connectivity index (χ3n) is 3.65. The number of thioether (sulfide) groups is 1. The molecular formula is C16H17ClN2OS. The van der Waals surface area contributed by atoms with Crippen LogP contribution in [0.4, 0.5) is 0 Å². The summed E-state index contributed by atoms with van der Waals surface area (Å²) < 4.78 is 0. The van der Waals surface area contributed by atoms with E-state index >= 15 is 0 Å². The fraction of sp³-hybridized carbons (Fsp3) is 0.375. The van der Waals surface area contributed by atoms with Crippen LogP contribution in [-0.4, -0.2) is 29.1 Å². The topological polar surface area (TPSA) is 32.7 Å². The Hall–Kier alpha value is -1.26. The van der Waals surface area contributed by atoms with Crippen molar-refractivity contribution in [2.24, 2.45) is 4.99 Å². The van der Waals surface area contributed by atoms with Crippen LogP contribution in [0, 0.1) is 0 Å². The quantitative estimate of drug-likeness (QED) is 0.727. The molecule has 2 aliphatic rings.